The van der Waals surface area contributed by atoms with Crippen LogP contribution in [-0.2, 0) is 0 Å². The number of unbranched alkanes of at least 4 members (excludes halogenated alkanes) is 3. The molecule has 0 radical (unpaired) electrons. The van der Waals surface area contributed by atoms with Gasteiger partial charge < -0.3 is 5.73 Å². The van der Waals surface area contributed by atoms with E-state index in [2.05, 4.69) is 20.4 Å². The van der Waals surface area contributed by atoms with Crippen molar-refractivity contribution >= 4 is 0 Å². The van der Waals surface area contributed by atoms with Gasteiger partial charge in [-0.05, 0) is 62.3 Å². The molecular formula is C16H31N. The molecule has 0 saturated heterocycles. The van der Waals surface area contributed by atoms with Crippen molar-refractivity contribution in [3.05, 3.63) is 12.7 Å². The summed E-state index contributed by atoms with van der Waals surface area (Å²) >= 11 is 0. The number of hydrogen-bond acceptors (Lipinski definition) is 1. The van der Waals surface area contributed by atoms with Gasteiger partial charge in [-0.15, -0.1) is 6.58 Å². The Bertz CT molecular complexity index is 220. The fourth-order valence-electron chi connectivity index (χ4n) is 2.98. The van der Waals surface area contributed by atoms with Gasteiger partial charge in [0.1, 0.15) is 0 Å². The Labute approximate surface area is 108 Å². The molecule has 1 aliphatic carbocycles. The Morgan fingerprint density at radius 3 is 2.24 bits per heavy atom. The van der Waals surface area contributed by atoms with Crippen molar-refractivity contribution < 1.29 is 0 Å². The van der Waals surface area contributed by atoms with Crippen molar-refractivity contribution in [3.8, 4) is 0 Å². The molecule has 1 nitrogen and oxygen atoms in total. The first kappa shape index (κ1) is 14.8. The van der Waals surface area contributed by atoms with E-state index in [4.69, 9.17) is 5.73 Å². The molecular weight excluding hydrogens is 206 g/mol. The molecule has 0 aromatic rings. The van der Waals surface area contributed by atoms with Crippen LogP contribution in [0.3, 0.4) is 0 Å². The van der Waals surface area contributed by atoms with Crippen LogP contribution in [0.4, 0.5) is 0 Å². The zero-order valence-corrected chi connectivity index (χ0v) is 11.9. The summed E-state index contributed by atoms with van der Waals surface area (Å²) < 4.78 is 0. The Hall–Kier alpha value is -0.300. The third kappa shape index (κ3) is 4.83. The number of rotatable bonds is 7. The normalized spacial score (nSPS) is 22.3. The zero-order chi connectivity index (χ0) is 12.8. The zero-order valence-electron chi connectivity index (χ0n) is 11.9. The Morgan fingerprint density at radius 2 is 1.71 bits per heavy atom. The highest BCUT2D eigenvalue weighted by molar-refractivity contribution is 4.89. The highest BCUT2D eigenvalue weighted by Crippen LogP contribution is 2.47. The lowest BCUT2D eigenvalue weighted by atomic mass is 9.63. The minimum Gasteiger partial charge on any atom is -0.330 e. The van der Waals surface area contributed by atoms with Crippen LogP contribution in [0.5, 0.6) is 0 Å². The number of hydrogen-bond donors (Lipinski definition) is 1. The van der Waals surface area contributed by atoms with Gasteiger partial charge in [-0.1, -0.05) is 32.8 Å². The second-order valence-corrected chi connectivity index (χ2v) is 6.76. The third-order valence-corrected chi connectivity index (χ3v) is 4.71. The van der Waals surface area contributed by atoms with Crippen LogP contribution in [0.25, 0.3) is 0 Å². The van der Waals surface area contributed by atoms with Crippen LogP contribution in [-0.4, -0.2) is 6.54 Å². The van der Waals surface area contributed by atoms with Crippen LogP contribution in [0.1, 0.15) is 71.6 Å². The average Bonchev–Trinajstić information content (AvgIpc) is 2.32. The first-order chi connectivity index (χ1) is 8.04. The molecule has 0 aromatic heterocycles. The number of allylic oxidation sites excluding steroid dienone is 1. The van der Waals surface area contributed by atoms with E-state index in [9.17, 15) is 0 Å². The molecule has 0 spiro atoms. The van der Waals surface area contributed by atoms with Crippen LogP contribution in [0, 0.1) is 10.8 Å². The lowest BCUT2D eigenvalue weighted by molar-refractivity contribution is 0.0967. The topological polar surface area (TPSA) is 26.0 Å². The summed E-state index contributed by atoms with van der Waals surface area (Å²) in [6.45, 7) is 9.47. The summed E-state index contributed by atoms with van der Waals surface area (Å²) in [5.74, 6) is 0. The minimum atomic E-state index is 0.476. The maximum atomic E-state index is 6.05. The predicted molar refractivity (Wildman–Crippen MR) is 77.0 cm³/mol. The van der Waals surface area contributed by atoms with E-state index >= 15 is 0 Å². The van der Waals surface area contributed by atoms with E-state index in [0.717, 1.165) is 6.54 Å². The van der Waals surface area contributed by atoms with Crippen LogP contribution in [0.2, 0.25) is 0 Å². The molecule has 0 aliphatic heterocycles. The molecule has 0 heterocycles. The molecule has 0 atom stereocenters. The fraction of sp³-hybridized carbons (Fsp3) is 0.875. The van der Waals surface area contributed by atoms with Crippen molar-refractivity contribution in [3.63, 3.8) is 0 Å². The van der Waals surface area contributed by atoms with Gasteiger partial charge in [-0.2, -0.15) is 0 Å². The fourth-order valence-corrected chi connectivity index (χ4v) is 2.98. The first-order valence-corrected chi connectivity index (χ1v) is 7.35. The van der Waals surface area contributed by atoms with E-state index < -0.39 is 0 Å². The third-order valence-electron chi connectivity index (χ3n) is 4.71. The lowest BCUT2D eigenvalue weighted by Gasteiger charge is -2.43. The molecule has 1 saturated carbocycles. The van der Waals surface area contributed by atoms with E-state index in [1.54, 1.807) is 0 Å². The maximum Gasteiger partial charge on any atom is -0.00205 e. The van der Waals surface area contributed by atoms with E-state index in [1.165, 1.54) is 57.8 Å². The molecule has 2 N–H and O–H groups in total. The monoisotopic (exact) mass is 237 g/mol. The summed E-state index contributed by atoms with van der Waals surface area (Å²) in [4.78, 5) is 0. The molecule has 0 bridgehead atoms. The lowest BCUT2D eigenvalue weighted by Crippen LogP contribution is -2.37. The quantitative estimate of drug-likeness (QED) is 0.505. The highest BCUT2D eigenvalue weighted by atomic mass is 14.6. The van der Waals surface area contributed by atoms with Gasteiger partial charge in [0, 0.05) is 0 Å². The standard InChI is InChI=1S/C16H31N/c1-4-5-6-7-8-9-16(14-17)12-10-15(2,3)11-13-16/h4H,1,5-14,17H2,2-3H3. The summed E-state index contributed by atoms with van der Waals surface area (Å²) in [7, 11) is 0. The molecule has 0 aromatic carbocycles. The van der Waals surface area contributed by atoms with Crippen molar-refractivity contribution in [2.24, 2.45) is 16.6 Å². The SMILES string of the molecule is C=CCCCCCC1(CN)CCC(C)(C)CC1. The Balaban J connectivity index is 2.30. The number of nitrogens with two attached hydrogens (primary N) is 1. The average molecular weight is 237 g/mol. The van der Waals surface area contributed by atoms with Gasteiger partial charge in [0.25, 0.3) is 0 Å². The van der Waals surface area contributed by atoms with E-state index in [-0.39, 0.29) is 0 Å². The second-order valence-electron chi connectivity index (χ2n) is 6.76. The van der Waals surface area contributed by atoms with Crippen molar-refractivity contribution in [2.75, 3.05) is 6.54 Å². The van der Waals surface area contributed by atoms with Crippen molar-refractivity contribution in [2.45, 2.75) is 71.6 Å². The van der Waals surface area contributed by atoms with Gasteiger partial charge in [-0.25, -0.2) is 0 Å². The molecule has 1 heteroatoms. The summed E-state index contributed by atoms with van der Waals surface area (Å²) in [5.41, 5.74) is 7.08. The molecule has 100 valence electrons. The molecule has 1 aliphatic rings. The predicted octanol–water partition coefficient (Wildman–Crippen LogP) is 4.67. The van der Waals surface area contributed by atoms with Gasteiger partial charge >= 0.3 is 0 Å². The summed E-state index contributed by atoms with van der Waals surface area (Å²) in [6.07, 6.45) is 13.9. The van der Waals surface area contributed by atoms with Gasteiger partial charge in [0.2, 0.25) is 0 Å². The highest BCUT2D eigenvalue weighted by Gasteiger charge is 2.36. The summed E-state index contributed by atoms with van der Waals surface area (Å²) in [5, 5.41) is 0. The molecule has 0 amide bonds. The van der Waals surface area contributed by atoms with E-state index in [0.29, 0.717) is 10.8 Å². The van der Waals surface area contributed by atoms with Gasteiger partial charge in [-0.3, -0.25) is 0 Å². The van der Waals surface area contributed by atoms with Crippen LogP contribution >= 0.6 is 0 Å². The van der Waals surface area contributed by atoms with E-state index in [1.807, 2.05) is 6.08 Å². The minimum absolute atomic E-state index is 0.476. The van der Waals surface area contributed by atoms with Gasteiger partial charge in [0.05, 0.1) is 0 Å². The Morgan fingerprint density at radius 1 is 1.06 bits per heavy atom. The largest absolute Gasteiger partial charge is 0.330 e. The van der Waals surface area contributed by atoms with Crippen LogP contribution < -0.4 is 5.73 Å². The second kappa shape index (κ2) is 6.58. The molecule has 1 rings (SSSR count). The maximum absolute atomic E-state index is 6.05. The Kier molecular flexibility index (Phi) is 5.72. The molecule has 0 unspecified atom stereocenters. The van der Waals surface area contributed by atoms with Gasteiger partial charge in [0.15, 0.2) is 0 Å². The molecule has 1 fully saturated rings. The van der Waals surface area contributed by atoms with Crippen LogP contribution in [0.15, 0.2) is 12.7 Å². The first-order valence-electron chi connectivity index (χ1n) is 7.35. The molecule has 17 heavy (non-hydrogen) atoms. The van der Waals surface area contributed by atoms with Crippen molar-refractivity contribution in [1.82, 2.24) is 0 Å². The van der Waals surface area contributed by atoms with Crippen molar-refractivity contribution in [1.29, 1.82) is 0 Å². The smallest absolute Gasteiger partial charge is 0.00205 e. The summed E-state index contributed by atoms with van der Waals surface area (Å²) in [6, 6.07) is 0.